The van der Waals surface area contributed by atoms with Crippen molar-refractivity contribution in [3.63, 3.8) is 0 Å². The van der Waals surface area contributed by atoms with Crippen LogP contribution in [0.3, 0.4) is 0 Å². The van der Waals surface area contributed by atoms with E-state index in [1.165, 1.54) is 11.5 Å². The third-order valence-electron chi connectivity index (χ3n) is 2.41. The van der Waals surface area contributed by atoms with Crippen molar-refractivity contribution in [1.29, 1.82) is 0 Å². The number of nitrogens with zero attached hydrogens (tertiary/aromatic N) is 2. The van der Waals surface area contributed by atoms with Crippen molar-refractivity contribution in [2.75, 3.05) is 11.9 Å². The number of hydrogen-bond donors (Lipinski definition) is 2. The molecule has 0 bridgehead atoms. The summed E-state index contributed by atoms with van der Waals surface area (Å²) in [5.74, 6) is 1.22. The second-order valence-electron chi connectivity index (χ2n) is 5.35. The molecule has 92 valence electrons. The molecule has 1 atom stereocenters. The fourth-order valence-corrected chi connectivity index (χ4v) is 1.99. The topological polar surface area (TPSA) is 58.0 Å². The van der Waals surface area contributed by atoms with Gasteiger partial charge in [0.05, 0.1) is 12.6 Å². The maximum atomic E-state index is 9.22. The smallest absolute Gasteiger partial charge is 0.202 e. The van der Waals surface area contributed by atoms with E-state index in [1.54, 1.807) is 0 Å². The molecule has 0 saturated heterocycles. The van der Waals surface area contributed by atoms with Crippen LogP contribution in [0, 0.1) is 5.92 Å². The standard InChI is InChI=1S/C11H21N3OS/c1-7(2)8(6-15)12-10-13-9(14-16-10)11(3,4)5/h7-8,15H,6H2,1-5H3,(H,12,13,14)/t8-/m1/s1. The SMILES string of the molecule is CC(C)[C@@H](CO)Nc1nc(C(C)(C)C)ns1. The molecule has 0 radical (unpaired) electrons. The highest BCUT2D eigenvalue weighted by Gasteiger charge is 2.21. The zero-order chi connectivity index (χ0) is 12.3. The van der Waals surface area contributed by atoms with Crippen LogP contribution in [-0.2, 0) is 5.41 Å². The van der Waals surface area contributed by atoms with E-state index in [0.29, 0.717) is 5.92 Å². The van der Waals surface area contributed by atoms with E-state index in [1.807, 2.05) is 0 Å². The lowest BCUT2D eigenvalue weighted by atomic mass is 9.96. The first-order valence-electron chi connectivity index (χ1n) is 5.56. The summed E-state index contributed by atoms with van der Waals surface area (Å²) in [5.41, 5.74) is -0.0248. The van der Waals surface area contributed by atoms with Gasteiger partial charge in [-0.3, -0.25) is 0 Å². The number of nitrogens with one attached hydrogen (secondary N) is 1. The molecule has 0 aliphatic heterocycles. The molecule has 1 aromatic rings. The fourth-order valence-electron chi connectivity index (χ4n) is 1.17. The second-order valence-corrected chi connectivity index (χ2v) is 6.10. The van der Waals surface area contributed by atoms with Gasteiger partial charge in [0.25, 0.3) is 0 Å². The van der Waals surface area contributed by atoms with E-state index >= 15 is 0 Å². The Balaban J connectivity index is 2.72. The minimum absolute atomic E-state index is 0.0248. The Labute approximate surface area is 101 Å². The van der Waals surface area contributed by atoms with Crippen LogP contribution in [-0.4, -0.2) is 27.1 Å². The van der Waals surface area contributed by atoms with Crippen LogP contribution in [0.4, 0.5) is 5.13 Å². The van der Waals surface area contributed by atoms with Gasteiger partial charge >= 0.3 is 0 Å². The van der Waals surface area contributed by atoms with Crippen LogP contribution in [0.15, 0.2) is 0 Å². The van der Waals surface area contributed by atoms with Crippen molar-refractivity contribution in [2.24, 2.45) is 5.92 Å². The maximum absolute atomic E-state index is 9.22. The summed E-state index contributed by atoms with van der Waals surface area (Å²) in [6.07, 6.45) is 0. The Bertz CT molecular complexity index is 330. The molecule has 1 rings (SSSR count). The minimum atomic E-state index is -0.0248. The number of aromatic nitrogens is 2. The first kappa shape index (κ1) is 13.4. The largest absolute Gasteiger partial charge is 0.394 e. The lowest BCUT2D eigenvalue weighted by Crippen LogP contribution is -2.29. The molecule has 0 unspecified atom stereocenters. The van der Waals surface area contributed by atoms with Crippen molar-refractivity contribution in [3.8, 4) is 0 Å². The van der Waals surface area contributed by atoms with E-state index in [9.17, 15) is 5.11 Å². The van der Waals surface area contributed by atoms with E-state index < -0.39 is 0 Å². The van der Waals surface area contributed by atoms with Gasteiger partial charge in [-0.15, -0.1) is 0 Å². The summed E-state index contributed by atoms with van der Waals surface area (Å²) in [6, 6.07) is 0.0424. The summed E-state index contributed by atoms with van der Waals surface area (Å²) in [7, 11) is 0. The molecule has 0 aromatic carbocycles. The van der Waals surface area contributed by atoms with Gasteiger partial charge in [0, 0.05) is 16.9 Å². The van der Waals surface area contributed by atoms with Gasteiger partial charge in [-0.25, -0.2) is 4.98 Å². The third-order valence-corrected chi connectivity index (χ3v) is 3.05. The van der Waals surface area contributed by atoms with Crippen LogP contribution in [0.2, 0.25) is 0 Å². The molecule has 0 aliphatic carbocycles. The molecule has 0 fully saturated rings. The number of aliphatic hydroxyl groups is 1. The highest BCUT2D eigenvalue weighted by Crippen LogP contribution is 2.23. The maximum Gasteiger partial charge on any atom is 0.202 e. The van der Waals surface area contributed by atoms with E-state index in [2.05, 4.69) is 49.3 Å². The summed E-state index contributed by atoms with van der Waals surface area (Å²) in [5, 5.41) is 13.2. The third kappa shape index (κ3) is 3.42. The van der Waals surface area contributed by atoms with Crippen molar-refractivity contribution in [1.82, 2.24) is 9.36 Å². The number of anilines is 1. The number of rotatable bonds is 4. The molecule has 0 aliphatic rings. The minimum Gasteiger partial charge on any atom is -0.394 e. The predicted octanol–water partition coefficient (Wildman–Crippen LogP) is 2.26. The lowest BCUT2D eigenvalue weighted by Gasteiger charge is -2.19. The van der Waals surface area contributed by atoms with Gasteiger partial charge in [-0.05, 0) is 5.92 Å². The van der Waals surface area contributed by atoms with Gasteiger partial charge < -0.3 is 10.4 Å². The van der Waals surface area contributed by atoms with Crippen LogP contribution in [0.25, 0.3) is 0 Å². The molecule has 0 saturated carbocycles. The lowest BCUT2D eigenvalue weighted by molar-refractivity contribution is 0.249. The molecular weight excluding hydrogens is 222 g/mol. The van der Waals surface area contributed by atoms with Crippen LogP contribution < -0.4 is 5.32 Å². The van der Waals surface area contributed by atoms with Gasteiger partial charge in [0.2, 0.25) is 5.13 Å². The van der Waals surface area contributed by atoms with Crippen molar-refractivity contribution < 1.29 is 5.11 Å². The monoisotopic (exact) mass is 243 g/mol. The molecule has 5 heteroatoms. The average molecular weight is 243 g/mol. The average Bonchev–Trinajstić information content (AvgIpc) is 2.61. The van der Waals surface area contributed by atoms with Gasteiger partial charge in [0.1, 0.15) is 5.82 Å². The molecular formula is C11H21N3OS. The normalized spacial score (nSPS) is 14.2. The zero-order valence-electron chi connectivity index (χ0n) is 10.6. The van der Waals surface area contributed by atoms with Gasteiger partial charge in [0.15, 0.2) is 0 Å². The summed E-state index contributed by atoms with van der Waals surface area (Å²) in [4.78, 5) is 4.44. The Morgan fingerprint density at radius 2 is 2.00 bits per heavy atom. The molecule has 1 heterocycles. The molecule has 4 nitrogen and oxygen atoms in total. The first-order valence-corrected chi connectivity index (χ1v) is 6.33. The van der Waals surface area contributed by atoms with Crippen molar-refractivity contribution in [2.45, 2.75) is 46.1 Å². The van der Waals surface area contributed by atoms with Crippen molar-refractivity contribution >= 4 is 16.7 Å². The Hall–Kier alpha value is -0.680. The van der Waals surface area contributed by atoms with E-state index in [0.717, 1.165) is 11.0 Å². The Morgan fingerprint density at radius 1 is 1.38 bits per heavy atom. The summed E-state index contributed by atoms with van der Waals surface area (Å²) >= 11 is 1.35. The number of aliphatic hydroxyl groups excluding tert-OH is 1. The predicted molar refractivity (Wildman–Crippen MR) is 67.9 cm³/mol. The molecule has 2 N–H and O–H groups in total. The fraction of sp³-hybridized carbons (Fsp3) is 0.818. The van der Waals surface area contributed by atoms with Crippen LogP contribution in [0.5, 0.6) is 0 Å². The highest BCUT2D eigenvalue weighted by molar-refractivity contribution is 7.09. The van der Waals surface area contributed by atoms with Crippen LogP contribution in [0.1, 0.15) is 40.4 Å². The highest BCUT2D eigenvalue weighted by atomic mass is 32.1. The molecule has 0 amide bonds. The van der Waals surface area contributed by atoms with Crippen LogP contribution >= 0.6 is 11.5 Å². The summed E-state index contributed by atoms with van der Waals surface area (Å²) in [6.45, 7) is 10.5. The quantitative estimate of drug-likeness (QED) is 0.851. The van der Waals surface area contributed by atoms with Crippen molar-refractivity contribution in [3.05, 3.63) is 5.82 Å². The zero-order valence-corrected chi connectivity index (χ0v) is 11.4. The van der Waals surface area contributed by atoms with E-state index in [4.69, 9.17) is 0 Å². The first-order chi connectivity index (χ1) is 7.34. The van der Waals surface area contributed by atoms with Gasteiger partial charge in [-0.2, -0.15) is 4.37 Å². The Morgan fingerprint density at radius 3 is 2.38 bits per heavy atom. The molecule has 0 spiro atoms. The van der Waals surface area contributed by atoms with Gasteiger partial charge in [-0.1, -0.05) is 34.6 Å². The molecule has 16 heavy (non-hydrogen) atoms. The Kier molecular flexibility index (Phi) is 4.27. The van der Waals surface area contributed by atoms with E-state index in [-0.39, 0.29) is 18.1 Å². The summed E-state index contributed by atoms with van der Waals surface area (Å²) < 4.78 is 4.32. The molecule has 1 aromatic heterocycles. The second kappa shape index (κ2) is 5.10. The number of hydrogen-bond acceptors (Lipinski definition) is 5.